The zero-order valence-corrected chi connectivity index (χ0v) is 15.3. The second kappa shape index (κ2) is 8.07. The van der Waals surface area contributed by atoms with E-state index in [1.54, 1.807) is 30.6 Å². The number of pyridine rings is 1. The first-order chi connectivity index (χ1) is 12.5. The van der Waals surface area contributed by atoms with Gasteiger partial charge in [-0.3, -0.25) is 10.3 Å². The Hall–Kier alpha value is -2.78. The molecule has 0 radical (unpaired) electrons. The fourth-order valence-corrected chi connectivity index (χ4v) is 4.06. The van der Waals surface area contributed by atoms with Crippen LogP contribution in [0.5, 0.6) is 0 Å². The summed E-state index contributed by atoms with van der Waals surface area (Å²) in [5.41, 5.74) is 1.57. The van der Waals surface area contributed by atoms with Crippen molar-refractivity contribution in [1.29, 1.82) is 0 Å². The van der Waals surface area contributed by atoms with Gasteiger partial charge in [-0.05, 0) is 24.3 Å². The molecule has 0 aliphatic heterocycles. The second-order valence-electron chi connectivity index (χ2n) is 5.29. The minimum Gasteiger partial charge on any atom is -0.337 e. The van der Waals surface area contributed by atoms with Crippen molar-refractivity contribution < 1.29 is 13.2 Å². The van der Waals surface area contributed by atoms with Gasteiger partial charge >= 0.3 is 6.03 Å². The molecule has 2 amide bonds. The number of rotatable bonds is 6. The maximum Gasteiger partial charge on any atom is 0.321 e. The van der Waals surface area contributed by atoms with E-state index in [0.717, 1.165) is 5.56 Å². The molecule has 0 aliphatic carbocycles. The van der Waals surface area contributed by atoms with Crippen LogP contribution in [0.1, 0.15) is 0 Å². The Morgan fingerprint density at radius 3 is 2.65 bits per heavy atom. The zero-order valence-electron chi connectivity index (χ0n) is 13.6. The third-order valence-corrected chi connectivity index (χ3v) is 5.93. The highest BCUT2D eigenvalue weighted by Crippen LogP contribution is 2.23. The van der Waals surface area contributed by atoms with Crippen LogP contribution >= 0.6 is 11.3 Å². The van der Waals surface area contributed by atoms with E-state index in [1.807, 2.05) is 17.5 Å². The van der Waals surface area contributed by atoms with E-state index in [2.05, 4.69) is 20.6 Å². The fourth-order valence-electron chi connectivity index (χ4n) is 2.16. The summed E-state index contributed by atoms with van der Waals surface area (Å²) >= 11 is 1.28. The SMILES string of the molecule is O=C(NCCS(=O)(=O)c1ccccc1)Nc1nc(-c2cccnc2)cs1. The maximum absolute atomic E-state index is 12.1. The van der Waals surface area contributed by atoms with Gasteiger partial charge in [-0.25, -0.2) is 18.2 Å². The highest BCUT2D eigenvalue weighted by Gasteiger charge is 2.14. The monoisotopic (exact) mass is 388 g/mol. The summed E-state index contributed by atoms with van der Waals surface area (Å²) in [5, 5.41) is 7.37. The molecule has 0 fully saturated rings. The number of benzene rings is 1. The number of hydrogen-bond acceptors (Lipinski definition) is 6. The van der Waals surface area contributed by atoms with Gasteiger partial charge < -0.3 is 5.32 Å². The molecule has 0 spiro atoms. The molecule has 2 heterocycles. The Morgan fingerprint density at radius 2 is 1.92 bits per heavy atom. The average Bonchev–Trinajstić information content (AvgIpc) is 3.11. The first-order valence-corrected chi connectivity index (χ1v) is 10.3. The lowest BCUT2D eigenvalue weighted by molar-refractivity contribution is 0.252. The second-order valence-corrected chi connectivity index (χ2v) is 8.26. The van der Waals surface area contributed by atoms with Crippen LogP contribution in [0.15, 0.2) is 65.1 Å². The van der Waals surface area contributed by atoms with Crippen molar-refractivity contribution >= 4 is 32.3 Å². The predicted octanol–water partition coefficient (Wildman–Crippen LogP) is 2.80. The molecule has 134 valence electrons. The van der Waals surface area contributed by atoms with Crippen molar-refractivity contribution in [2.75, 3.05) is 17.6 Å². The third-order valence-electron chi connectivity index (χ3n) is 3.44. The largest absolute Gasteiger partial charge is 0.337 e. The number of nitrogens with zero attached hydrogens (tertiary/aromatic N) is 2. The Balaban J connectivity index is 1.51. The van der Waals surface area contributed by atoms with E-state index < -0.39 is 15.9 Å². The Bertz CT molecular complexity index is 974. The Labute approximate surface area is 155 Å². The van der Waals surface area contributed by atoms with Gasteiger partial charge in [-0.2, -0.15) is 0 Å². The summed E-state index contributed by atoms with van der Waals surface area (Å²) in [5.74, 6) is -0.177. The van der Waals surface area contributed by atoms with Crippen LogP contribution in [-0.4, -0.2) is 36.7 Å². The quantitative estimate of drug-likeness (QED) is 0.676. The van der Waals surface area contributed by atoms with Gasteiger partial charge in [-0.1, -0.05) is 18.2 Å². The summed E-state index contributed by atoms with van der Waals surface area (Å²) in [6.07, 6.45) is 3.36. The molecule has 0 atom stereocenters. The third kappa shape index (κ3) is 4.64. The lowest BCUT2D eigenvalue weighted by Crippen LogP contribution is -2.32. The molecule has 9 heteroatoms. The Morgan fingerprint density at radius 1 is 1.12 bits per heavy atom. The van der Waals surface area contributed by atoms with Crippen molar-refractivity contribution in [3.8, 4) is 11.3 Å². The van der Waals surface area contributed by atoms with E-state index in [0.29, 0.717) is 10.8 Å². The van der Waals surface area contributed by atoms with Crippen LogP contribution in [0.2, 0.25) is 0 Å². The minimum atomic E-state index is -3.42. The maximum atomic E-state index is 12.1. The summed E-state index contributed by atoms with van der Waals surface area (Å²) in [6, 6.07) is 11.3. The highest BCUT2D eigenvalue weighted by atomic mass is 32.2. The molecule has 3 rings (SSSR count). The highest BCUT2D eigenvalue weighted by molar-refractivity contribution is 7.91. The summed E-state index contributed by atoms with van der Waals surface area (Å²) in [6.45, 7) is 0.00387. The molecule has 0 unspecified atom stereocenters. The van der Waals surface area contributed by atoms with Crippen molar-refractivity contribution in [1.82, 2.24) is 15.3 Å². The Kier molecular flexibility index (Phi) is 5.59. The summed E-state index contributed by atoms with van der Waals surface area (Å²) < 4.78 is 24.3. The number of nitrogens with one attached hydrogen (secondary N) is 2. The van der Waals surface area contributed by atoms with Crippen LogP contribution < -0.4 is 10.6 Å². The van der Waals surface area contributed by atoms with Crippen molar-refractivity contribution in [3.05, 3.63) is 60.2 Å². The van der Waals surface area contributed by atoms with E-state index in [4.69, 9.17) is 0 Å². The molecule has 0 saturated carbocycles. The molecule has 7 nitrogen and oxygen atoms in total. The molecule has 2 N–H and O–H groups in total. The van der Waals surface area contributed by atoms with E-state index in [1.165, 1.54) is 23.5 Å². The molecular formula is C17H16N4O3S2. The lowest BCUT2D eigenvalue weighted by atomic mass is 10.2. The average molecular weight is 388 g/mol. The molecule has 0 aliphatic rings. The fraction of sp³-hybridized carbons (Fsp3) is 0.118. The molecule has 2 aromatic heterocycles. The standard InChI is InChI=1S/C17H16N4O3S2/c22-16(19-9-10-26(23,24)14-6-2-1-3-7-14)21-17-20-15(12-25-17)13-5-4-8-18-11-13/h1-8,11-12H,9-10H2,(H2,19,20,21,22). The van der Waals surface area contributed by atoms with Crippen LogP contribution in [0.4, 0.5) is 9.93 Å². The van der Waals surface area contributed by atoms with Gasteiger partial charge in [0.2, 0.25) is 0 Å². The van der Waals surface area contributed by atoms with E-state index >= 15 is 0 Å². The van der Waals surface area contributed by atoms with Crippen LogP contribution in [0.3, 0.4) is 0 Å². The van der Waals surface area contributed by atoms with Crippen LogP contribution in [-0.2, 0) is 9.84 Å². The molecule has 0 saturated heterocycles. The molecular weight excluding hydrogens is 372 g/mol. The smallest absolute Gasteiger partial charge is 0.321 e. The predicted molar refractivity (Wildman–Crippen MR) is 101 cm³/mol. The molecule has 0 bridgehead atoms. The van der Waals surface area contributed by atoms with Gasteiger partial charge in [0.25, 0.3) is 0 Å². The van der Waals surface area contributed by atoms with Crippen LogP contribution in [0.25, 0.3) is 11.3 Å². The molecule has 26 heavy (non-hydrogen) atoms. The van der Waals surface area contributed by atoms with Crippen LogP contribution in [0, 0.1) is 0 Å². The number of carbonyl (C=O) groups excluding carboxylic acids is 1. The summed E-state index contributed by atoms with van der Waals surface area (Å²) in [4.78, 5) is 20.5. The number of urea groups is 1. The zero-order chi connectivity index (χ0) is 18.4. The topological polar surface area (TPSA) is 101 Å². The van der Waals surface area contributed by atoms with E-state index in [9.17, 15) is 13.2 Å². The number of carbonyl (C=O) groups is 1. The van der Waals surface area contributed by atoms with E-state index in [-0.39, 0.29) is 17.2 Å². The minimum absolute atomic E-state index is 0.00387. The summed E-state index contributed by atoms with van der Waals surface area (Å²) in [7, 11) is -3.42. The normalized spacial score (nSPS) is 11.1. The van der Waals surface area contributed by atoms with Crippen molar-refractivity contribution in [2.24, 2.45) is 0 Å². The van der Waals surface area contributed by atoms with Gasteiger partial charge in [0.1, 0.15) is 0 Å². The first-order valence-electron chi connectivity index (χ1n) is 7.73. The number of amides is 2. The van der Waals surface area contributed by atoms with Gasteiger partial charge in [0.15, 0.2) is 15.0 Å². The number of sulfone groups is 1. The molecule has 1 aromatic carbocycles. The lowest BCUT2D eigenvalue weighted by Gasteiger charge is -2.06. The number of aromatic nitrogens is 2. The first kappa shape index (κ1) is 18.0. The van der Waals surface area contributed by atoms with Gasteiger partial charge in [0, 0.05) is 29.9 Å². The number of thiazole rings is 1. The number of hydrogen-bond donors (Lipinski definition) is 2. The van der Waals surface area contributed by atoms with Crippen molar-refractivity contribution in [3.63, 3.8) is 0 Å². The van der Waals surface area contributed by atoms with Gasteiger partial charge in [-0.15, -0.1) is 11.3 Å². The van der Waals surface area contributed by atoms with Crippen molar-refractivity contribution in [2.45, 2.75) is 4.90 Å². The number of anilines is 1. The van der Waals surface area contributed by atoms with Gasteiger partial charge in [0.05, 0.1) is 16.3 Å². The molecule has 3 aromatic rings.